The zero-order valence-electron chi connectivity index (χ0n) is 16.7. The first-order valence-corrected chi connectivity index (χ1v) is 10.4. The van der Waals surface area contributed by atoms with Crippen LogP contribution in [0.5, 0.6) is 5.75 Å². The summed E-state index contributed by atoms with van der Waals surface area (Å²) in [5, 5.41) is 1.79. The van der Waals surface area contributed by atoms with E-state index in [1.54, 1.807) is 13.2 Å². The van der Waals surface area contributed by atoms with Gasteiger partial charge in [-0.05, 0) is 43.3 Å². The number of pyridine rings is 1. The van der Waals surface area contributed by atoms with Crippen molar-refractivity contribution < 1.29 is 4.74 Å². The lowest BCUT2D eigenvalue weighted by molar-refractivity contribution is 0.250. The Labute approximate surface area is 176 Å². The van der Waals surface area contributed by atoms with Gasteiger partial charge in [0.2, 0.25) is 0 Å². The monoisotopic (exact) mass is 411 g/mol. The summed E-state index contributed by atoms with van der Waals surface area (Å²) in [5.74, 6) is 0.798. The minimum Gasteiger partial charge on any atom is -0.496 e. The molecule has 4 rings (SSSR count). The lowest BCUT2D eigenvalue weighted by Gasteiger charge is -2.36. The minimum atomic E-state index is 0.0364. The molecule has 2 heterocycles. The highest BCUT2D eigenvalue weighted by atomic mass is 35.5. The molecule has 0 bridgehead atoms. The number of fused-ring (bicyclic) bond motifs is 1. The van der Waals surface area contributed by atoms with Gasteiger partial charge in [0.1, 0.15) is 5.75 Å². The molecule has 0 spiro atoms. The Morgan fingerprint density at radius 3 is 2.48 bits per heavy atom. The van der Waals surface area contributed by atoms with Crippen molar-refractivity contribution in [1.29, 1.82) is 0 Å². The van der Waals surface area contributed by atoms with E-state index in [0.29, 0.717) is 6.54 Å². The van der Waals surface area contributed by atoms with E-state index in [1.807, 2.05) is 47.0 Å². The summed E-state index contributed by atoms with van der Waals surface area (Å²) in [6, 6.07) is 17.4. The molecule has 0 unspecified atom stereocenters. The molecular formula is C23H26ClN3O2. The number of para-hydroxylation sites is 1. The minimum absolute atomic E-state index is 0.0364. The molecule has 0 amide bonds. The predicted octanol–water partition coefficient (Wildman–Crippen LogP) is 3.88. The predicted molar refractivity (Wildman–Crippen MR) is 119 cm³/mol. The first-order valence-electron chi connectivity index (χ1n) is 10.1. The van der Waals surface area contributed by atoms with Crippen LogP contribution in [0.2, 0.25) is 5.02 Å². The fraction of sp³-hybridized carbons (Fsp3) is 0.348. The van der Waals surface area contributed by atoms with Crippen LogP contribution in [-0.2, 0) is 6.54 Å². The third-order valence-electron chi connectivity index (χ3n) is 5.63. The van der Waals surface area contributed by atoms with Gasteiger partial charge in [-0.2, -0.15) is 0 Å². The van der Waals surface area contributed by atoms with Gasteiger partial charge >= 0.3 is 0 Å². The zero-order valence-corrected chi connectivity index (χ0v) is 17.4. The summed E-state index contributed by atoms with van der Waals surface area (Å²) in [4.78, 5) is 17.2. The topological polar surface area (TPSA) is 37.7 Å². The van der Waals surface area contributed by atoms with Crippen LogP contribution in [0.3, 0.4) is 0 Å². The quantitative estimate of drug-likeness (QED) is 0.617. The van der Waals surface area contributed by atoms with Crippen LogP contribution in [0.1, 0.15) is 6.42 Å². The van der Waals surface area contributed by atoms with Gasteiger partial charge in [0.05, 0.1) is 23.3 Å². The number of rotatable bonds is 6. The Morgan fingerprint density at radius 2 is 1.72 bits per heavy atom. The number of hydrogen-bond donors (Lipinski definition) is 0. The van der Waals surface area contributed by atoms with Gasteiger partial charge in [-0.25, -0.2) is 0 Å². The summed E-state index contributed by atoms with van der Waals surface area (Å²) in [6.45, 7) is 5.62. The Hall–Kier alpha value is -2.50. The fourth-order valence-corrected chi connectivity index (χ4v) is 4.34. The van der Waals surface area contributed by atoms with Crippen molar-refractivity contribution in [3.8, 4) is 5.75 Å². The van der Waals surface area contributed by atoms with E-state index >= 15 is 0 Å². The highest BCUT2D eigenvalue weighted by Gasteiger charge is 2.18. The fourth-order valence-electron chi connectivity index (χ4n) is 4.08. The van der Waals surface area contributed by atoms with Crippen molar-refractivity contribution in [2.45, 2.75) is 13.0 Å². The summed E-state index contributed by atoms with van der Waals surface area (Å²) in [5.41, 5.74) is 2.08. The van der Waals surface area contributed by atoms with Crippen molar-refractivity contribution in [1.82, 2.24) is 9.47 Å². The van der Waals surface area contributed by atoms with Crippen LogP contribution in [-0.4, -0.2) is 49.3 Å². The molecule has 1 aliphatic rings. The Kier molecular flexibility index (Phi) is 6.07. The highest BCUT2D eigenvalue weighted by molar-refractivity contribution is 6.33. The van der Waals surface area contributed by atoms with Crippen molar-refractivity contribution in [2.75, 3.05) is 44.7 Å². The van der Waals surface area contributed by atoms with Crippen LogP contribution in [0.15, 0.2) is 59.4 Å². The Bertz CT molecular complexity index is 1040. The summed E-state index contributed by atoms with van der Waals surface area (Å²) < 4.78 is 7.30. The SMILES string of the molecule is COc1cccc2c1ccc(=O)n2CCCN1CCN(c2ccccc2Cl)CC1. The van der Waals surface area contributed by atoms with E-state index in [2.05, 4.69) is 15.9 Å². The van der Waals surface area contributed by atoms with Gasteiger partial charge in [0, 0.05) is 44.2 Å². The number of benzene rings is 2. The molecule has 1 fully saturated rings. The molecule has 0 saturated carbocycles. The molecule has 2 aromatic carbocycles. The van der Waals surface area contributed by atoms with Crippen molar-refractivity contribution in [3.05, 3.63) is 70.0 Å². The Balaban J connectivity index is 1.36. The van der Waals surface area contributed by atoms with Crippen LogP contribution < -0.4 is 15.2 Å². The zero-order chi connectivity index (χ0) is 20.2. The van der Waals surface area contributed by atoms with Gasteiger partial charge < -0.3 is 14.2 Å². The summed E-state index contributed by atoms with van der Waals surface area (Å²) in [6.07, 6.45) is 0.933. The lowest BCUT2D eigenvalue weighted by atomic mass is 10.2. The van der Waals surface area contributed by atoms with Gasteiger partial charge in [-0.1, -0.05) is 29.8 Å². The number of nitrogens with zero attached hydrogens (tertiary/aromatic N) is 3. The number of ether oxygens (including phenoxy) is 1. The number of aryl methyl sites for hydroxylation is 1. The number of halogens is 1. The van der Waals surface area contributed by atoms with Crippen LogP contribution >= 0.6 is 11.6 Å². The second-order valence-electron chi connectivity index (χ2n) is 7.35. The maximum Gasteiger partial charge on any atom is 0.251 e. The molecule has 152 valence electrons. The maximum atomic E-state index is 12.4. The van der Waals surface area contributed by atoms with Crippen LogP contribution in [0.25, 0.3) is 10.9 Å². The molecule has 29 heavy (non-hydrogen) atoms. The molecule has 1 saturated heterocycles. The molecular weight excluding hydrogens is 386 g/mol. The second kappa shape index (κ2) is 8.89. The van der Waals surface area contributed by atoms with Crippen LogP contribution in [0.4, 0.5) is 5.69 Å². The molecule has 6 heteroatoms. The number of anilines is 1. The highest BCUT2D eigenvalue weighted by Crippen LogP contribution is 2.26. The molecule has 0 atom stereocenters. The second-order valence-corrected chi connectivity index (χ2v) is 7.76. The molecule has 0 N–H and O–H groups in total. The van der Waals surface area contributed by atoms with E-state index in [9.17, 15) is 4.79 Å². The first kappa shape index (κ1) is 19.8. The number of hydrogen-bond acceptors (Lipinski definition) is 4. The van der Waals surface area contributed by atoms with Gasteiger partial charge in [-0.15, -0.1) is 0 Å². The third-order valence-corrected chi connectivity index (χ3v) is 5.95. The summed E-state index contributed by atoms with van der Waals surface area (Å²) in [7, 11) is 1.66. The number of piperazine rings is 1. The average Bonchev–Trinajstić information content (AvgIpc) is 2.75. The van der Waals surface area contributed by atoms with E-state index in [0.717, 1.165) is 66.5 Å². The van der Waals surface area contributed by atoms with Crippen molar-refractivity contribution >= 4 is 28.2 Å². The van der Waals surface area contributed by atoms with E-state index in [-0.39, 0.29) is 5.56 Å². The lowest BCUT2D eigenvalue weighted by Crippen LogP contribution is -2.46. The molecule has 1 aromatic heterocycles. The van der Waals surface area contributed by atoms with E-state index < -0.39 is 0 Å². The maximum absolute atomic E-state index is 12.4. The molecule has 3 aromatic rings. The van der Waals surface area contributed by atoms with E-state index in [4.69, 9.17) is 16.3 Å². The molecule has 0 aliphatic carbocycles. The van der Waals surface area contributed by atoms with Gasteiger partial charge in [-0.3, -0.25) is 9.69 Å². The number of aromatic nitrogens is 1. The third kappa shape index (κ3) is 4.26. The standard InChI is InChI=1S/C23H26ClN3O2/c1-29-22-9-4-8-20-18(22)10-11-23(28)27(20)13-5-12-25-14-16-26(17-15-25)21-7-3-2-6-19(21)24/h2-4,6-11H,5,12-17H2,1H3. The Morgan fingerprint density at radius 1 is 0.931 bits per heavy atom. The first-order chi connectivity index (χ1) is 14.2. The number of methoxy groups -OCH3 is 1. The van der Waals surface area contributed by atoms with Crippen LogP contribution in [0, 0.1) is 0 Å². The largest absolute Gasteiger partial charge is 0.496 e. The molecule has 1 aliphatic heterocycles. The van der Waals surface area contributed by atoms with Gasteiger partial charge in [0.25, 0.3) is 5.56 Å². The molecule has 0 radical (unpaired) electrons. The van der Waals surface area contributed by atoms with Gasteiger partial charge in [0.15, 0.2) is 0 Å². The molecule has 5 nitrogen and oxygen atoms in total. The van der Waals surface area contributed by atoms with Crippen molar-refractivity contribution in [2.24, 2.45) is 0 Å². The van der Waals surface area contributed by atoms with Crippen molar-refractivity contribution in [3.63, 3.8) is 0 Å². The normalized spacial score (nSPS) is 15.0. The average molecular weight is 412 g/mol. The summed E-state index contributed by atoms with van der Waals surface area (Å²) >= 11 is 6.33. The van der Waals surface area contributed by atoms with E-state index in [1.165, 1.54) is 0 Å². The smallest absolute Gasteiger partial charge is 0.251 e.